The minimum atomic E-state index is -0.518. The van der Waals surface area contributed by atoms with Gasteiger partial charge in [-0.05, 0) is 37.1 Å². The van der Waals surface area contributed by atoms with Crippen LogP contribution in [0, 0.1) is 5.92 Å². The number of hydrogen-bond donors (Lipinski definition) is 2. The Morgan fingerprint density at radius 2 is 2.20 bits per heavy atom. The fraction of sp³-hybridized carbons (Fsp3) is 0.500. The van der Waals surface area contributed by atoms with Crippen molar-refractivity contribution in [2.75, 3.05) is 13.2 Å². The molecule has 0 fully saturated rings. The van der Waals surface area contributed by atoms with E-state index in [9.17, 15) is 5.11 Å². The van der Waals surface area contributed by atoms with Crippen LogP contribution in [0.3, 0.4) is 0 Å². The topological polar surface area (TPSA) is 55.5 Å². The molecule has 0 aromatic heterocycles. The first kappa shape index (κ1) is 12.0. The van der Waals surface area contributed by atoms with E-state index in [2.05, 4.69) is 0 Å². The Morgan fingerprint density at radius 3 is 2.80 bits per heavy atom. The smallest absolute Gasteiger partial charge is 0.119 e. The molecule has 0 aliphatic heterocycles. The second-order valence-electron chi connectivity index (χ2n) is 3.66. The predicted octanol–water partition coefficient (Wildman–Crippen LogP) is 1.71. The minimum absolute atomic E-state index is 0.0573. The van der Waals surface area contributed by atoms with Gasteiger partial charge in [-0.3, -0.25) is 0 Å². The number of aliphatic hydroxyl groups is 1. The molecule has 0 saturated carbocycles. The van der Waals surface area contributed by atoms with Gasteiger partial charge in [-0.15, -0.1) is 0 Å². The molecular formula is C12H19NO2. The van der Waals surface area contributed by atoms with E-state index in [-0.39, 0.29) is 5.92 Å². The average Bonchev–Trinajstić information content (AvgIpc) is 2.28. The molecule has 0 bridgehead atoms. The second-order valence-corrected chi connectivity index (χ2v) is 3.66. The van der Waals surface area contributed by atoms with Gasteiger partial charge in [-0.25, -0.2) is 0 Å². The van der Waals surface area contributed by atoms with Gasteiger partial charge in [0.25, 0.3) is 0 Å². The van der Waals surface area contributed by atoms with Crippen LogP contribution in [0.4, 0.5) is 0 Å². The SMILES string of the molecule is CCOc1cccc(C(O)C(C)CN)c1. The van der Waals surface area contributed by atoms with Gasteiger partial charge in [0.2, 0.25) is 0 Å². The van der Waals surface area contributed by atoms with Gasteiger partial charge < -0.3 is 15.6 Å². The van der Waals surface area contributed by atoms with Gasteiger partial charge in [0.15, 0.2) is 0 Å². The van der Waals surface area contributed by atoms with Crippen molar-refractivity contribution in [1.29, 1.82) is 0 Å². The molecule has 0 spiro atoms. The average molecular weight is 209 g/mol. The molecule has 3 heteroatoms. The van der Waals surface area contributed by atoms with E-state index in [4.69, 9.17) is 10.5 Å². The van der Waals surface area contributed by atoms with Gasteiger partial charge in [0, 0.05) is 0 Å². The third-order valence-corrected chi connectivity index (χ3v) is 2.42. The van der Waals surface area contributed by atoms with Crippen molar-refractivity contribution in [2.24, 2.45) is 11.7 Å². The number of rotatable bonds is 5. The summed E-state index contributed by atoms with van der Waals surface area (Å²) in [6, 6.07) is 7.51. The van der Waals surface area contributed by atoms with Gasteiger partial charge in [0.1, 0.15) is 5.75 Å². The Labute approximate surface area is 90.9 Å². The fourth-order valence-corrected chi connectivity index (χ4v) is 1.41. The summed E-state index contributed by atoms with van der Waals surface area (Å²) in [4.78, 5) is 0. The molecule has 2 atom stereocenters. The number of ether oxygens (including phenoxy) is 1. The third kappa shape index (κ3) is 3.22. The van der Waals surface area contributed by atoms with Gasteiger partial charge in [0.05, 0.1) is 12.7 Å². The maximum atomic E-state index is 9.95. The van der Waals surface area contributed by atoms with E-state index in [1.165, 1.54) is 0 Å². The van der Waals surface area contributed by atoms with Crippen LogP contribution in [0.5, 0.6) is 5.75 Å². The first-order valence-electron chi connectivity index (χ1n) is 5.30. The molecule has 0 aliphatic carbocycles. The molecule has 84 valence electrons. The van der Waals surface area contributed by atoms with E-state index in [1.807, 2.05) is 38.1 Å². The lowest BCUT2D eigenvalue weighted by Crippen LogP contribution is -2.18. The first-order chi connectivity index (χ1) is 7.19. The van der Waals surface area contributed by atoms with Crippen LogP contribution in [0.15, 0.2) is 24.3 Å². The third-order valence-electron chi connectivity index (χ3n) is 2.42. The lowest BCUT2D eigenvalue weighted by molar-refractivity contribution is 0.121. The van der Waals surface area contributed by atoms with Gasteiger partial charge in [-0.1, -0.05) is 19.1 Å². The molecule has 1 aromatic rings. The Morgan fingerprint density at radius 1 is 1.47 bits per heavy atom. The molecule has 15 heavy (non-hydrogen) atoms. The van der Waals surface area contributed by atoms with Crippen molar-refractivity contribution in [3.05, 3.63) is 29.8 Å². The first-order valence-corrected chi connectivity index (χ1v) is 5.30. The van der Waals surface area contributed by atoms with Crippen molar-refractivity contribution in [2.45, 2.75) is 20.0 Å². The highest BCUT2D eigenvalue weighted by Gasteiger charge is 2.15. The molecular weight excluding hydrogens is 190 g/mol. The second kappa shape index (κ2) is 5.73. The van der Waals surface area contributed by atoms with Crippen LogP contribution in [0.2, 0.25) is 0 Å². The highest BCUT2D eigenvalue weighted by atomic mass is 16.5. The molecule has 1 rings (SSSR count). The predicted molar refractivity (Wildman–Crippen MR) is 60.8 cm³/mol. The molecule has 3 nitrogen and oxygen atoms in total. The molecule has 0 radical (unpaired) electrons. The summed E-state index contributed by atoms with van der Waals surface area (Å²) in [5.74, 6) is 0.847. The fourth-order valence-electron chi connectivity index (χ4n) is 1.41. The molecule has 2 unspecified atom stereocenters. The number of aliphatic hydroxyl groups excluding tert-OH is 1. The van der Waals surface area contributed by atoms with Crippen LogP contribution in [0.25, 0.3) is 0 Å². The van der Waals surface area contributed by atoms with E-state index in [0.29, 0.717) is 13.2 Å². The van der Waals surface area contributed by atoms with Crippen molar-refractivity contribution in [3.63, 3.8) is 0 Å². The molecule has 0 amide bonds. The molecule has 0 aliphatic rings. The van der Waals surface area contributed by atoms with E-state index < -0.39 is 6.10 Å². The molecule has 3 N–H and O–H groups in total. The van der Waals surface area contributed by atoms with Crippen LogP contribution >= 0.6 is 0 Å². The Bertz CT molecular complexity index is 301. The van der Waals surface area contributed by atoms with Crippen LogP contribution in [-0.4, -0.2) is 18.3 Å². The van der Waals surface area contributed by atoms with Crippen molar-refractivity contribution in [1.82, 2.24) is 0 Å². The molecule has 0 saturated heterocycles. The molecule has 1 aromatic carbocycles. The van der Waals surface area contributed by atoms with E-state index in [0.717, 1.165) is 11.3 Å². The zero-order valence-electron chi connectivity index (χ0n) is 9.31. The Balaban J connectivity index is 2.80. The largest absolute Gasteiger partial charge is 0.494 e. The zero-order chi connectivity index (χ0) is 11.3. The number of benzene rings is 1. The minimum Gasteiger partial charge on any atom is -0.494 e. The zero-order valence-corrected chi connectivity index (χ0v) is 9.31. The normalized spacial score (nSPS) is 14.7. The van der Waals surface area contributed by atoms with E-state index in [1.54, 1.807) is 0 Å². The quantitative estimate of drug-likeness (QED) is 0.776. The monoisotopic (exact) mass is 209 g/mol. The standard InChI is InChI=1S/C12H19NO2/c1-3-15-11-6-4-5-10(7-11)12(14)9(2)8-13/h4-7,9,12,14H,3,8,13H2,1-2H3. The van der Waals surface area contributed by atoms with Crippen LogP contribution in [0.1, 0.15) is 25.5 Å². The summed E-state index contributed by atoms with van der Waals surface area (Å²) in [6.07, 6.45) is -0.518. The van der Waals surface area contributed by atoms with E-state index >= 15 is 0 Å². The summed E-state index contributed by atoms with van der Waals surface area (Å²) < 4.78 is 5.37. The van der Waals surface area contributed by atoms with Gasteiger partial charge >= 0.3 is 0 Å². The summed E-state index contributed by atoms with van der Waals surface area (Å²) in [5, 5.41) is 9.95. The van der Waals surface area contributed by atoms with Crippen molar-refractivity contribution >= 4 is 0 Å². The lowest BCUT2D eigenvalue weighted by Gasteiger charge is -2.17. The number of nitrogens with two attached hydrogens (primary N) is 1. The maximum Gasteiger partial charge on any atom is 0.119 e. The number of hydrogen-bond acceptors (Lipinski definition) is 3. The Kier molecular flexibility index (Phi) is 4.59. The highest BCUT2D eigenvalue weighted by molar-refractivity contribution is 5.30. The molecule has 0 heterocycles. The van der Waals surface area contributed by atoms with Crippen molar-refractivity contribution in [3.8, 4) is 5.75 Å². The summed E-state index contributed by atoms with van der Waals surface area (Å²) in [7, 11) is 0. The Hall–Kier alpha value is -1.06. The van der Waals surface area contributed by atoms with Gasteiger partial charge in [-0.2, -0.15) is 0 Å². The lowest BCUT2D eigenvalue weighted by atomic mass is 9.97. The summed E-state index contributed by atoms with van der Waals surface area (Å²) in [6.45, 7) is 4.97. The van der Waals surface area contributed by atoms with Crippen LogP contribution < -0.4 is 10.5 Å². The highest BCUT2D eigenvalue weighted by Crippen LogP contribution is 2.24. The summed E-state index contributed by atoms with van der Waals surface area (Å²) in [5.41, 5.74) is 6.38. The summed E-state index contributed by atoms with van der Waals surface area (Å²) >= 11 is 0. The maximum absolute atomic E-state index is 9.95. The van der Waals surface area contributed by atoms with Crippen molar-refractivity contribution < 1.29 is 9.84 Å². The van der Waals surface area contributed by atoms with Crippen LogP contribution in [-0.2, 0) is 0 Å².